The average molecular weight is 403 g/mol. The van der Waals surface area contributed by atoms with Crippen LogP contribution in [0.15, 0.2) is 29.6 Å². The number of nitrogens with zero attached hydrogens (tertiary/aromatic N) is 2. The van der Waals surface area contributed by atoms with Crippen LogP contribution in [0, 0.1) is 0 Å². The monoisotopic (exact) mass is 402 g/mol. The normalized spacial score (nSPS) is 17.2. The first-order chi connectivity index (χ1) is 13.7. The van der Waals surface area contributed by atoms with Gasteiger partial charge >= 0.3 is 0 Å². The summed E-state index contributed by atoms with van der Waals surface area (Å²) >= 11 is 1.86. The molecule has 6 nitrogen and oxygen atoms in total. The van der Waals surface area contributed by atoms with Crippen LogP contribution in [0.3, 0.4) is 0 Å². The molecule has 28 heavy (non-hydrogen) atoms. The summed E-state index contributed by atoms with van der Waals surface area (Å²) in [5.41, 5.74) is 2.63. The molecule has 0 saturated carbocycles. The number of benzene rings is 1. The number of morpholine rings is 1. The van der Waals surface area contributed by atoms with E-state index in [0.717, 1.165) is 26.1 Å². The highest BCUT2D eigenvalue weighted by molar-refractivity contribution is 7.10. The predicted octanol–water partition coefficient (Wildman–Crippen LogP) is 2.55. The third-order valence-corrected chi connectivity index (χ3v) is 6.26. The molecule has 2 aromatic rings. The van der Waals surface area contributed by atoms with Gasteiger partial charge in [-0.1, -0.05) is 6.07 Å². The van der Waals surface area contributed by atoms with Gasteiger partial charge in [0.25, 0.3) is 5.91 Å². The highest BCUT2D eigenvalue weighted by Crippen LogP contribution is 2.30. The lowest BCUT2D eigenvalue weighted by Crippen LogP contribution is -2.43. The van der Waals surface area contributed by atoms with E-state index in [1.165, 1.54) is 16.0 Å². The third-order valence-electron chi connectivity index (χ3n) is 5.24. The van der Waals surface area contributed by atoms with E-state index in [-0.39, 0.29) is 12.5 Å². The van der Waals surface area contributed by atoms with Crippen molar-refractivity contribution < 1.29 is 19.0 Å². The number of hydrogen-bond donors (Lipinski definition) is 0. The van der Waals surface area contributed by atoms with E-state index >= 15 is 0 Å². The molecule has 2 aliphatic rings. The summed E-state index contributed by atoms with van der Waals surface area (Å²) in [7, 11) is 1.63. The molecule has 3 heterocycles. The fourth-order valence-corrected chi connectivity index (χ4v) is 4.56. The molecule has 1 amide bonds. The Bertz CT molecular complexity index is 816. The number of rotatable bonds is 6. The van der Waals surface area contributed by atoms with Gasteiger partial charge in [-0.2, -0.15) is 0 Å². The van der Waals surface area contributed by atoms with Gasteiger partial charge in [0.15, 0.2) is 18.1 Å². The second-order valence-corrected chi connectivity index (χ2v) is 8.10. The molecule has 0 unspecified atom stereocenters. The van der Waals surface area contributed by atoms with Gasteiger partial charge in [0.1, 0.15) is 0 Å². The van der Waals surface area contributed by atoms with E-state index < -0.39 is 0 Å². The van der Waals surface area contributed by atoms with E-state index in [1.54, 1.807) is 12.0 Å². The van der Waals surface area contributed by atoms with Gasteiger partial charge in [0.2, 0.25) is 0 Å². The van der Waals surface area contributed by atoms with Crippen molar-refractivity contribution in [1.29, 1.82) is 0 Å². The Kier molecular flexibility index (Phi) is 6.14. The lowest BCUT2D eigenvalue weighted by atomic mass is 10.1. The molecule has 7 heteroatoms. The summed E-state index contributed by atoms with van der Waals surface area (Å²) in [5.74, 6) is 1.25. The smallest absolute Gasteiger partial charge is 0.260 e. The van der Waals surface area contributed by atoms with Gasteiger partial charge < -0.3 is 19.1 Å². The highest BCUT2D eigenvalue weighted by atomic mass is 32.1. The molecule has 1 aromatic carbocycles. The molecule has 0 atom stereocenters. The van der Waals surface area contributed by atoms with Crippen molar-refractivity contribution in [2.45, 2.75) is 19.5 Å². The van der Waals surface area contributed by atoms with Crippen molar-refractivity contribution >= 4 is 17.2 Å². The first-order valence-corrected chi connectivity index (χ1v) is 10.5. The number of fused-ring (bicyclic) bond motifs is 1. The van der Waals surface area contributed by atoms with E-state index in [2.05, 4.69) is 22.4 Å². The Morgan fingerprint density at radius 2 is 2.04 bits per heavy atom. The van der Waals surface area contributed by atoms with Crippen LogP contribution in [0.1, 0.15) is 16.0 Å². The van der Waals surface area contributed by atoms with Crippen molar-refractivity contribution in [3.8, 4) is 11.5 Å². The topological polar surface area (TPSA) is 51.2 Å². The molecule has 0 radical (unpaired) electrons. The Morgan fingerprint density at radius 3 is 2.86 bits per heavy atom. The minimum absolute atomic E-state index is 0.0166. The highest BCUT2D eigenvalue weighted by Gasteiger charge is 2.19. The van der Waals surface area contributed by atoms with Gasteiger partial charge in [-0.25, -0.2) is 0 Å². The van der Waals surface area contributed by atoms with Crippen molar-refractivity contribution in [2.75, 3.05) is 46.6 Å². The maximum atomic E-state index is 12.3. The van der Waals surface area contributed by atoms with Crippen molar-refractivity contribution in [2.24, 2.45) is 0 Å². The Balaban J connectivity index is 1.35. The average Bonchev–Trinajstić information content (AvgIpc) is 3.21. The van der Waals surface area contributed by atoms with Gasteiger partial charge in [-0.05, 0) is 41.1 Å². The van der Waals surface area contributed by atoms with Crippen LogP contribution in [0.4, 0.5) is 0 Å². The molecule has 0 aliphatic carbocycles. The lowest BCUT2D eigenvalue weighted by molar-refractivity contribution is -0.137. The second-order valence-electron chi connectivity index (χ2n) is 7.10. The van der Waals surface area contributed by atoms with Gasteiger partial charge in [0, 0.05) is 37.6 Å². The molecular weight excluding hydrogens is 376 g/mol. The van der Waals surface area contributed by atoms with Crippen LogP contribution in [0.5, 0.6) is 11.5 Å². The lowest BCUT2D eigenvalue weighted by Gasteiger charge is -2.27. The van der Waals surface area contributed by atoms with Gasteiger partial charge in [-0.3, -0.25) is 9.69 Å². The fourth-order valence-electron chi connectivity index (χ4n) is 3.67. The van der Waals surface area contributed by atoms with E-state index in [9.17, 15) is 4.79 Å². The van der Waals surface area contributed by atoms with Crippen LogP contribution in [-0.2, 0) is 29.0 Å². The summed E-state index contributed by atoms with van der Waals surface area (Å²) in [6.07, 6.45) is 1.12. The Morgan fingerprint density at radius 1 is 1.18 bits per heavy atom. The maximum Gasteiger partial charge on any atom is 0.260 e. The van der Waals surface area contributed by atoms with Crippen LogP contribution in [0.25, 0.3) is 0 Å². The Labute approximate surface area is 169 Å². The minimum atomic E-state index is -0.0192. The quantitative estimate of drug-likeness (QED) is 0.743. The summed E-state index contributed by atoms with van der Waals surface area (Å²) < 4.78 is 16.5. The number of carbonyl (C=O) groups is 1. The molecule has 4 rings (SSSR count). The summed E-state index contributed by atoms with van der Waals surface area (Å²) in [6.45, 7) is 5.39. The standard InChI is InChI=1S/C21H26N2O4S/c1-25-19-12-16(13-22-6-4-20-17(14-22)5-11-28-20)2-3-18(19)27-15-21(24)23-7-9-26-10-8-23/h2-3,5,11-12H,4,6-10,13-15H2,1H3. The molecule has 1 aromatic heterocycles. The first kappa shape index (κ1) is 19.2. The third kappa shape index (κ3) is 4.48. The SMILES string of the molecule is COc1cc(CN2CCc3sccc3C2)ccc1OCC(=O)N1CCOCC1. The summed E-state index contributed by atoms with van der Waals surface area (Å²) in [5, 5.41) is 2.18. The Hall–Kier alpha value is -2.09. The number of amides is 1. The molecule has 0 spiro atoms. The number of carbonyl (C=O) groups excluding carboxylic acids is 1. The molecular formula is C21H26N2O4S. The molecule has 0 bridgehead atoms. The predicted molar refractivity (Wildman–Crippen MR) is 108 cm³/mol. The zero-order chi connectivity index (χ0) is 19.3. The van der Waals surface area contributed by atoms with E-state index in [1.807, 2.05) is 23.5 Å². The maximum absolute atomic E-state index is 12.3. The van der Waals surface area contributed by atoms with E-state index in [0.29, 0.717) is 37.8 Å². The number of ether oxygens (including phenoxy) is 3. The summed E-state index contributed by atoms with van der Waals surface area (Å²) in [6, 6.07) is 8.20. The number of thiophene rings is 1. The largest absolute Gasteiger partial charge is 0.493 e. The molecule has 1 fully saturated rings. The molecule has 150 valence electrons. The molecule has 0 N–H and O–H groups in total. The van der Waals surface area contributed by atoms with Crippen LogP contribution >= 0.6 is 11.3 Å². The fraction of sp³-hybridized carbons (Fsp3) is 0.476. The van der Waals surface area contributed by atoms with Crippen molar-refractivity contribution in [3.05, 3.63) is 45.6 Å². The van der Waals surface area contributed by atoms with Crippen LogP contribution in [-0.4, -0.2) is 62.3 Å². The van der Waals surface area contributed by atoms with Crippen molar-refractivity contribution in [1.82, 2.24) is 9.80 Å². The first-order valence-electron chi connectivity index (χ1n) is 9.66. The molecule has 2 aliphatic heterocycles. The van der Waals surface area contributed by atoms with Crippen molar-refractivity contribution in [3.63, 3.8) is 0 Å². The van der Waals surface area contributed by atoms with Crippen LogP contribution < -0.4 is 9.47 Å². The molecule has 1 saturated heterocycles. The van der Waals surface area contributed by atoms with Gasteiger partial charge in [0.05, 0.1) is 20.3 Å². The zero-order valence-electron chi connectivity index (χ0n) is 16.2. The second kappa shape index (κ2) is 8.94. The minimum Gasteiger partial charge on any atom is -0.493 e. The summed E-state index contributed by atoms with van der Waals surface area (Å²) in [4.78, 5) is 18.0. The van der Waals surface area contributed by atoms with Gasteiger partial charge in [-0.15, -0.1) is 11.3 Å². The number of methoxy groups -OCH3 is 1. The van der Waals surface area contributed by atoms with Crippen LogP contribution in [0.2, 0.25) is 0 Å². The zero-order valence-corrected chi connectivity index (χ0v) is 17.0. The van der Waals surface area contributed by atoms with E-state index in [4.69, 9.17) is 14.2 Å². The number of hydrogen-bond acceptors (Lipinski definition) is 6.